The minimum absolute atomic E-state index is 0.136. The Morgan fingerprint density at radius 2 is 1.74 bits per heavy atom. The number of amides is 1. The summed E-state index contributed by atoms with van der Waals surface area (Å²) in [6.45, 7) is 3.73. The lowest BCUT2D eigenvalue weighted by atomic mass is 10.1. The summed E-state index contributed by atoms with van der Waals surface area (Å²) in [4.78, 5) is 16.8. The zero-order valence-corrected chi connectivity index (χ0v) is 19.9. The van der Waals surface area contributed by atoms with Gasteiger partial charge in [-0.05, 0) is 53.6 Å². The molecule has 0 unspecified atom stereocenters. The Kier molecular flexibility index (Phi) is 8.16. The molecule has 1 aliphatic rings. The van der Waals surface area contributed by atoms with Crippen molar-refractivity contribution in [2.45, 2.75) is 12.7 Å². The molecular weight excluding hydrogens is 455 g/mol. The summed E-state index contributed by atoms with van der Waals surface area (Å²) in [5.41, 5.74) is 2.46. The van der Waals surface area contributed by atoms with Crippen LogP contribution in [0.25, 0.3) is 0 Å². The molecule has 0 bridgehead atoms. The SMILES string of the molecule is COc1cccc(CO[C@H](CN2CCN(C(=O)c3cccc(F)c3)CC2)c2ccc(Cl)cc2)c1. The van der Waals surface area contributed by atoms with E-state index in [1.807, 2.05) is 48.5 Å². The molecule has 0 radical (unpaired) electrons. The Morgan fingerprint density at radius 1 is 1.00 bits per heavy atom. The van der Waals surface area contributed by atoms with Gasteiger partial charge in [0, 0.05) is 43.3 Å². The summed E-state index contributed by atoms with van der Waals surface area (Å²) in [7, 11) is 1.65. The summed E-state index contributed by atoms with van der Waals surface area (Å²) in [5.74, 6) is 0.259. The third-order valence-electron chi connectivity index (χ3n) is 5.98. The Balaban J connectivity index is 1.39. The molecule has 1 heterocycles. The van der Waals surface area contributed by atoms with Gasteiger partial charge in [0.25, 0.3) is 5.91 Å². The predicted octanol–water partition coefficient (Wildman–Crippen LogP) is 5.20. The van der Waals surface area contributed by atoms with Gasteiger partial charge >= 0.3 is 0 Å². The van der Waals surface area contributed by atoms with E-state index in [4.69, 9.17) is 21.1 Å². The van der Waals surface area contributed by atoms with Crippen molar-refractivity contribution in [2.75, 3.05) is 39.8 Å². The minimum Gasteiger partial charge on any atom is -0.497 e. The Hall–Kier alpha value is -2.93. The Morgan fingerprint density at radius 3 is 2.44 bits per heavy atom. The lowest BCUT2D eigenvalue weighted by Gasteiger charge is -2.36. The molecule has 178 valence electrons. The molecule has 1 amide bonds. The van der Waals surface area contributed by atoms with Crippen LogP contribution >= 0.6 is 11.6 Å². The number of methoxy groups -OCH3 is 1. The zero-order chi connectivity index (χ0) is 23.9. The van der Waals surface area contributed by atoms with E-state index < -0.39 is 5.82 Å². The lowest BCUT2D eigenvalue weighted by Crippen LogP contribution is -2.49. The molecule has 34 heavy (non-hydrogen) atoms. The van der Waals surface area contributed by atoms with Gasteiger partial charge in [0.05, 0.1) is 19.8 Å². The van der Waals surface area contributed by atoms with Crippen molar-refractivity contribution in [3.8, 4) is 5.75 Å². The molecule has 5 nitrogen and oxygen atoms in total. The molecule has 3 aromatic rings. The maximum atomic E-state index is 13.5. The van der Waals surface area contributed by atoms with Crippen molar-refractivity contribution in [1.82, 2.24) is 9.80 Å². The van der Waals surface area contributed by atoms with Crippen LogP contribution in [0.2, 0.25) is 5.02 Å². The number of rotatable bonds is 8. The number of benzene rings is 3. The molecule has 0 aromatic heterocycles. The van der Waals surface area contributed by atoms with Gasteiger partial charge in [-0.15, -0.1) is 0 Å². The molecular formula is C27H28ClFN2O3. The number of ether oxygens (including phenoxy) is 2. The normalized spacial score (nSPS) is 15.2. The summed E-state index contributed by atoms with van der Waals surface area (Å²) < 4.78 is 25.2. The first-order valence-electron chi connectivity index (χ1n) is 11.3. The van der Waals surface area contributed by atoms with Crippen molar-refractivity contribution < 1.29 is 18.7 Å². The summed E-state index contributed by atoms with van der Waals surface area (Å²) in [6.07, 6.45) is -0.158. The average molecular weight is 483 g/mol. The van der Waals surface area contributed by atoms with Crippen LogP contribution in [0.4, 0.5) is 4.39 Å². The van der Waals surface area contributed by atoms with Crippen LogP contribution in [-0.4, -0.2) is 55.5 Å². The molecule has 4 rings (SSSR count). The molecule has 0 aliphatic carbocycles. The number of hydrogen-bond donors (Lipinski definition) is 0. The van der Waals surface area contributed by atoms with E-state index in [2.05, 4.69) is 4.90 Å². The number of nitrogens with zero attached hydrogens (tertiary/aromatic N) is 2. The summed E-state index contributed by atoms with van der Waals surface area (Å²) in [6, 6.07) is 21.4. The number of piperazine rings is 1. The van der Waals surface area contributed by atoms with Gasteiger partial charge in [0.1, 0.15) is 11.6 Å². The molecule has 1 fully saturated rings. The van der Waals surface area contributed by atoms with Crippen molar-refractivity contribution in [2.24, 2.45) is 0 Å². The minimum atomic E-state index is -0.400. The predicted molar refractivity (Wildman–Crippen MR) is 131 cm³/mol. The van der Waals surface area contributed by atoms with Crippen LogP contribution in [-0.2, 0) is 11.3 Å². The maximum absolute atomic E-state index is 13.5. The molecule has 0 N–H and O–H groups in total. The first-order valence-corrected chi connectivity index (χ1v) is 11.7. The maximum Gasteiger partial charge on any atom is 0.254 e. The van der Waals surface area contributed by atoms with Crippen LogP contribution in [0, 0.1) is 5.82 Å². The van der Waals surface area contributed by atoms with Crippen LogP contribution in [0.3, 0.4) is 0 Å². The van der Waals surface area contributed by atoms with E-state index in [9.17, 15) is 9.18 Å². The first-order chi connectivity index (χ1) is 16.5. The van der Waals surface area contributed by atoms with Gasteiger partial charge in [0.15, 0.2) is 0 Å². The molecule has 1 atom stereocenters. The van der Waals surface area contributed by atoms with Crippen molar-refractivity contribution in [1.29, 1.82) is 0 Å². The molecule has 1 saturated heterocycles. The highest BCUT2D eigenvalue weighted by Gasteiger charge is 2.25. The van der Waals surface area contributed by atoms with Gasteiger partial charge in [-0.2, -0.15) is 0 Å². The van der Waals surface area contributed by atoms with E-state index >= 15 is 0 Å². The van der Waals surface area contributed by atoms with Crippen LogP contribution in [0.1, 0.15) is 27.6 Å². The van der Waals surface area contributed by atoms with Gasteiger partial charge < -0.3 is 14.4 Å². The van der Waals surface area contributed by atoms with E-state index in [0.717, 1.165) is 16.9 Å². The highest BCUT2D eigenvalue weighted by atomic mass is 35.5. The number of halogens is 2. The molecule has 0 saturated carbocycles. The van der Waals surface area contributed by atoms with Crippen LogP contribution < -0.4 is 4.74 Å². The second-order valence-electron chi connectivity index (χ2n) is 8.31. The van der Waals surface area contributed by atoms with Crippen molar-refractivity contribution in [3.05, 3.63) is 100 Å². The molecule has 3 aromatic carbocycles. The van der Waals surface area contributed by atoms with Crippen LogP contribution in [0.15, 0.2) is 72.8 Å². The topological polar surface area (TPSA) is 42.0 Å². The van der Waals surface area contributed by atoms with E-state index in [1.54, 1.807) is 24.1 Å². The highest BCUT2D eigenvalue weighted by molar-refractivity contribution is 6.30. The van der Waals surface area contributed by atoms with Crippen molar-refractivity contribution in [3.63, 3.8) is 0 Å². The van der Waals surface area contributed by atoms with E-state index in [-0.39, 0.29) is 12.0 Å². The zero-order valence-electron chi connectivity index (χ0n) is 19.1. The van der Waals surface area contributed by atoms with Gasteiger partial charge in [-0.25, -0.2) is 4.39 Å². The summed E-state index contributed by atoms with van der Waals surface area (Å²) in [5, 5.41) is 0.680. The fourth-order valence-corrected chi connectivity index (χ4v) is 4.19. The van der Waals surface area contributed by atoms with E-state index in [0.29, 0.717) is 49.9 Å². The number of hydrogen-bond acceptors (Lipinski definition) is 4. The number of carbonyl (C=O) groups excluding carboxylic acids is 1. The first kappa shape index (κ1) is 24.2. The Labute approximate surface area is 204 Å². The van der Waals surface area contributed by atoms with Gasteiger partial charge in [-0.1, -0.05) is 41.9 Å². The Bertz CT molecular complexity index is 1100. The summed E-state index contributed by atoms with van der Waals surface area (Å²) >= 11 is 6.09. The second-order valence-corrected chi connectivity index (χ2v) is 8.74. The quantitative estimate of drug-likeness (QED) is 0.442. The molecule has 1 aliphatic heterocycles. The second kappa shape index (κ2) is 11.5. The smallest absolute Gasteiger partial charge is 0.254 e. The van der Waals surface area contributed by atoms with Gasteiger partial charge in [-0.3, -0.25) is 9.69 Å². The lowest BCUT2D eigenvalue weighted by molar-refractivity contribution is 0.00337. The number of carbonyl (C=O) groups is 1. The molecule has 7 heteroatoms. The van der Waals surface area contributed by atoms with E-state index in [1.165, 1.54) is 12.1 Å². The third kappa shape index (κ3) is 6.35. The third-order valence-corrected chi connectivity index (χ3v) is 6.23. The van der Waals surface area contributed by atoms with Crippen molar-refractivity contribution >= 4 is 17.5 Å². The monoisotopic (exact) mass is 482 g/mol. The standard InChI is InChI=1S/C27H28ClFN2O3/c1-33-25-7-2-4-20(16-25)19-34-26(21-8-10-23(28)11-9-21)18-30-12-14-31(15-13-30)27(32)22-5-3-6-24(29)17-22/h2-11,16-17,26H,12-15,18-19H2,1H3/t26-/m1/s1. The highest BCUT2D eigenvalue weighted by Crippen LogP contribution is 2.24. The average Bonchev–Trinajstić information content (AvgIpc) is 2.87. The fourth-order valence-electron chi connectivity index (χ4n) is 4.06. The fraction of sp³-hybridized carbons (Fsp3) is 0.296. The van der Waals surface area contributed by atoms with Crippen LogP contribution in [0.5, 0.6) is 5.75 Å². The largest absolute Gasteiger partial charge is 0.497 e. The molecule has 0 spiro atoms. The van der Waals surface area contributed by atoms with Gasteiger partial charge in [0.2, 0.25) is 0 Å².